The number of ether oxygens (including phenoxy) is 2. The zero-order valence-electron chi connectivity index (χ0n) is 18.6. The molecule has 2 heterocycles. The highest BCUT2D eigenvalue weighted by Crippen LogP contribution is 2.38. The molecule has 2 aliphatic heterocycles. The number of amides is 1. The van der Waals surface area contributed by atoms with E-state index in [-0.39, 0.29) is 0 Å². The van der Waals surface area contributed by atoms with Crippen molar-refractivity contribution in [2.24, 2.45) is 5.92 Å². The maximum absolute atomic E-state index is 13.6. The number of morpholine rings is 1. The van der Waals surface area contributed by atoms with Crippen molar-refractivity contribution in [1.29, 1.82) is 0 Å². The van der Waals surface area contributed by atoms with Gasteiger partial charge in [0, 0.05) is 18.5 Å². The van der Waals surface area contributed by atoms with Gasteiger partial charge in [-0.3, -0.25) is 14.4 Å². The van der Waals surface area contributed by atoms with Crippen LogP contribution in [0.4, 0.5) is 4.39 Å². The molecule has 2 unspecified atom stereocenters. The fourth-order valence-electron chi connectivity index (χ4n) is 4.60. The molecule has 174 valence electrons. The van der Waals surface area contributed by atoms with Crippen LogP contribution in [0, 0.1) is 11.7 Å². The minimum atomic E-state index is -1.17. The molecule has 8 heteroatoms. The Balaban J connectivity index is 1.59. The standard InChI is InChI=1S/C25H27FN2O5/c1-32-20-9-5-18(6-10-20)23(29)21-22(17-3-7-19(26)8-4-17)28(25(31)24(21)30)12-2-11-27-13-15-33-16-14-27/h3-10,21-22H,2,11-16H2,1H3/p+1. The first-order chi connectivity index (χ1) is 16.0. The van der Waals surface area contributed by atoms with E-state index in [9.17, 15) is 18.8 Å². The number of carbonyl (C=O) groups excluding carboxylic acids is 3. The monoisotopic (exact) mass is 455 g/mol. The van der Waals surface area contributed by atoms with E-state index in [0.29, 0.717) is 43.1 Å². The molecule has 2 fully saturated rings. The number of hydrogen-bond acceptors (Lipinski definition) is 5. The molecular weight excluding hydrogens is 427 g/mol. The second-order valence-corrected chi connectivity index (χ2v) is 8.40. The lowest BCUT2D eigenvalue weighted by Crippen LogP contribution is -3.14. The average Bonchev–Trinajstić information content (AvgIpc) is 3.10. The van der Waals surface area contributed by atoms with Crippen LogP contribution in [-0.2, 0) is 14.3 Å². The maximum atomic E-state index is 13.6. The number of likely N-dealkylation sites (tertiary alicyclic amines) is 1. The van der Waals surface area contributed by atoms with Gasteiger partial charge in [0.25, 0.3) is 5.91 Å². The third-order valence-corrected chi connectivity index (χ3v) is 6.40. The molecule has 1 amide bonds. The summed E-state index contributed by atoms with van der Waals surface area (Å²) in [7, 11) is 1.52. The first-order valence-electron chi connectivity index (χ1n) is 11.2. The quantitative estimate of drug-likeness (QED) is 0.366. The summed E-state index contributed by atoms with van der Waals surface area (Å²) in [6, 6.07) is 11.4. The summed E-state index contributed by atoms with van der Waals surface area (Å²) in [4.78, 5) is 42.3. The predicted octanol–water partition coefficient (Wildman–Crippen LogP) is 1.09. The van der Waals surface area contributed by atoms with Gasteiger partial charge in [0.05, 0.1) is 32.9 Å². The van der Waals surface area contributed by atoms with Crippen molar-refractivity contribution in [2.45, 2.75) is 12.5 Å². The van der Waals surface area contributed by atoms with Gasteiger partial charge < -0.3 is 19.3 Å². The third kappa shape index (κ3) is 4.96. The highest BCUT2D eigenvalue weighted by molar-refractivity contribution is 6.44. The van der Waals surface area contributed by atoms with Crippen LogP contribution in [0.5, 0.6) is 5.75 Å². The largest absolute Gasteiger partial charge is 0.497 e. The molecule has 0 bridgehead atoms. The lowest BCUT2D eigenvalue weighted by molar-refractivity contribution is -0.908. The second-order valence-electron chi connectivity index (χ2n) is 8.40. The molecule has 2 aliphatic rings. The summed E-state index contributed by atoms with van der Waals surface area (Å²) in [5.74, 6) is -2.81. The molecule has 7 nitrogen and oxygen atoms in total. The molecular formula is C25H28FN2O5+. The molecule has 4 rings (SSSR count). The maximum Gasteiger partial charge on any atom is 0.291 e. The number of nitrogens with one attached hydrogen (secondary N) is 1. The molecule has 0 aliphatic carbocycles. The number of rotatable bonds is 8. The van der Waals surface area contributed by atoms with E-state index in [1.807, 2.05) is 0 Å². The zero-order valence-corrected chi connectivity index (χ0v) is 18.6. The van der Waals surface area contributed by atoms with Crippen molar-refractivity contribution < 1.29 is 33.1 Å². The fraction of sp³-hybridized carbons (Fsp3) is 0.400. The van der Waals surface area contributed by atoms with Crippen LogP contribution in [-0.4, -0.2) is 68.9 Å². The molecule has 2 atom stereocenters. The van der Waals surface area contributed by atoms with E-state index in [1.165, 1.54) is 29.0 Å². The van der Waals surface area contributed by atoms with E-state index in [1.54, 1.807) is 36.4 Å². The van der Waals surface area contributed by atoms with E-state index < -0.39 is 35.3 Å². The third-order valence-electron chi connectivity index (χ3n) is 6.40. The van der Waals surface area contributed by atoms with E-state index in [2.05, 4.69) is 0 Å². The molecule has 2 saturated heterocycles. The lowest BCUT2D eigenvalue weighted by Gasteiger charge is -2.28. The summed E-state index contributed by atoms with van der Waals surface area (Å²) in [5, 5.41) is 0. The minimum absolute atomic E-state index is 0.327. The molecule has 2 aromatic rings. The second kappa shape index (κ2) is 10.2. The fourth-order valence-corrected chi connectivity index (χ4v) is 4.60. The summed E-state index contributed by atoms with van der Waals surface area (Å²) in [6.45, 7) is 4.44. The lowest BCUT2D eigenvalue weighted by atomic mass is 9.86. The summed E-state index contributed by atoms with van der Waals surface area (Å²) >= 11 is 0. The Kier molecular flexibility index (Phi) is 7.15. The number of nitrogens with zero attached hydrogens (tertiary/aromatic N) is 1. The van der Waals surface area contributed by atoms with Gasteiger partial charge in [-0.1, -0.05) is 12.1 Å². The zero-order chi connectivity index (χ0) is 23.4. The topological polar surface area (TPSA) is 77.4 Å². The van der Waals surface area contributed by atoms with Crippen LogP contribution in [0.2, 0.25) is 0 Å². The summed E-state index contributed by atoms with van der Waals surface area (Å²) < 4.78 is 24.1. The Bertz CT molecular complexity index is 1000. The van der Waals surface area contributed by atoms with Crippen molar-refractivity contribution in [3.8, 4) is 5.75 Å². The van der Waals surface area contributed by atoms with Gasteiger partial charge in [0.1, 0.15) is 30.6 Å². The molecule has 0 radical (unpaired) electrons. The van der Waals surface area contributed by atoms with Crippen LogP contribution in [0.3, 0.4) is 0 Å². The smallest absolute Gasteiger partial charge is 0.291 e. The summed E-state index contributed by atoms with van der Waals surface area (Å²) in [6.07, 6.45) is 0.690. The van der Waals surface area contributed by atoms with E-state index in [0.717, 1.165) is 19.6 Å². The van der Waals surface area contributed by atoms with Gasteiger partial charge in [-0.25, -0.2) is 4.39 Å². The van der Waals surface area contributed by atoms with Crippen molar-refractivity contribution in [1.82, 2.24) is 4.90 Å². The van der Waals surface area contributed by atoms with Gasteiger partial charge in [-0.2, -0.15) is 0 Å². The number of Topliss-reactive ketones (excluding diaryl/α,β-unsaturated/α-hetero) is 2. The Labute approximate surface area is 192 Å². The van der Waals surface area contributed by atoms with Crippen LogP contribution in [0.15, 0.2) is 48.5 Å². The van der Waals surface area contributed by atoms with Gasteiger partial charge in [0.2, 0.25) is 5.78 Å². The number of halogens is 1. The Hall–Kier alpha value is -3.10. The molecule has 0 spiro atoms. The van der Waals surface area contributed by atoms with E-state index >= 15 is 0 Å². The number of hydrogen-bond donors (Lipinski definition) is 1. The van der Waals surface area contributed by atoms with Crippen LogP contribution < -0.4 is 9.64 Å². The normalized spacial score (nSPS) is 21.5. The van der Waals surface area contributed by atoms with E-state index in [4.69, 9.17) is 9.47 Å². The minimum Gasteiger partial charge on any atom is -0.497 e. The average molecular weight is 456 g/mol. The van der Waals surface area contributed by atoms with Gasteiger partial charge in [0.15, 0.2) is 5.78 Å². The number of ketones is 2. The Morgan fingerprint density at radius 2 is 1.76 bits per heavy atom. The number of quaternary nitrogens is 1. The Morgan fingerprint density at radius 1 is 1.09 bits per heavy atom. The van der Waals surface area contributed by atoms with Gasteiger partial charge in [-0.05, 0) is 42.0 Å². The molecule has 1 N–H and O–H groups in total. The molecule has 0 saturated carbocycles. The van der Waals surface area contributed by atoms with Crippen LogP contribution in [0.25, 0.3) is 0 Å². The molecule has 33 heavy (non-hydrogen) atoms. The van der Waals surface area contributed by atoms with Gasteiger partial charge >= 0.3 is 0 Å². The first kappa shape index (κ1) is 23.1. The van der Waals surface area contributed by atoms with Crippen LogP contribution >= 0.6 is 0 Å². The SMILES string of the molecule is COc1ccc(C(=O)C2C(=O)C(=O)N(CCC[NH+]3CCOCC3)C2c2ccc(F)cc2)cc1. The van der Waals surface area contributed by atoms with Crippen LogP contribution in [0.1, 0.15) is 28.4 Å². The highest BCUT2D eigenvalue weighted by Gasteiger charge is 2.51. The number of carbonyl (C=O) groups is 3. The molecule has 0 aromatic heterocycles. The van der Waals surface area contributed by atoms with Crippen molar-refractivity contribution in [3.05, 3.63) is 65.5 Å². The Morgan fingerprint density at radius 3 is 2.39 bits per heavy atom. The predicted molar refractivity (Wildman–Crippen MR) is 118 cm³/mol. The van der Waals surface area contributed by atoms with Crippen molar-refractivity contribution in [2.75, 3.05) is 46.5 Å². The first-order valence-corrected chi connectivity index (χ1v) is 11.2. The van der Waals surface area contributed by atoms with Crippen molar-refractivity contribution in [3.63, 3.8) is 0 Å². The number of benzene rings is 2. The number of methoxy groups -OCH3 is 1. The molecule has 2 aromatic carbocycles. The van der Waals surface area contributed by atoms with Gasteiger partial charge in [-0.15, -0.1) is 0 Å². The summed E-state index contributed by atoms with van der Waals surface area (Å²) in [5.41, 5.74) is 0.898. The highest BCUT2D eigenvalue weighted by atomic mass is 19.1. The van der Waals surface area contributed by atoms with Crippen molar-refractivity contribution >= 4 is 17.5 Å².